The second-order valence-electron chi connectivity index (χ2n) is 5.57. The number of carbonyl (C=O) groups excluding carboxylic acids is 1. The molecule has 2 rings (SSSR count). The number of hydrogen-bond acceptors (Lipinski definition) is 2. The first kappa shape index (κ1) is 15.4. The topological polar surface area (TPSA) is 69.6 Å². The Bertz CT molecular complexity index is 491. The fourth-order valence-corrected chi connectivity index (χ4v) is 2.72. The Morgan fingerprint density at radius 2 is 1.67 bits per heavy atom. The smallest absolute Gasteiger partial charge is 0.335 e. The Labute approximate surface area is 125 Å². The molecule has 114 valence electrons. The summed E-state index contributed by atoms with van der Waals surface area (Å²) < 4.78 is 0. The third-order valence-electron chi connectivity index (χ3n) is 4.08. The molecule has 0 radical (unpaired) electrons. The predicted octanol–water partition coefficient (Wildman–Crippen LogP) is 3.57. The molecule has 0 spiro atoms. The van der Waals surface area contributed by atoms with E-state index in [2.05, 4.69) is 5.32 Å². The van der Waals surface area contributed by atoms with Crippen molar-refractivity contribution in [1.29, 1.82) is 0 Å². The lowest BCUT2D eigenvalue weighted by Crippen LogP contribution is -2.39. The van der Waals surface area contributed by atoms with E-state index in [9.17, 15) is 9.59 Å². The molecule has 1 fully saturated rings. The van der Waals surface area contributed by atoms with Crippen LogP contribution in [-0.2, 0) is 0 Å². The van der Waals surface area contributed by atoms with Crippen LogP contribution >= 0.6 is 0 Å². The number of nitrogens with one attached hydrogen (secondary N) is 1. The molecule has 1 aliphatic carbocycles. The summed E-state index contributed by atoms with van der Waals surface area (Å²) in [5.41, 5.74) is 0.829. The highest BCUT2D eigenvalue weighted by Gasteiger charge is 2.21. The number of rotatable bonds is 3. The molecule has 1 aromatic rings. The number of nitrogens with zero attached hydrogens (tertiary/aromatic N) is 1. The van der Waals surface area contributed by atoms with Gasteiger partial charge in [-0.1, -0.05) is 25.7 Å². The van der Waals surface area contributed by atoms with E-state index in [-0.39, 0.29) is 11.6 Å². The van der Waals surface area contributed by atoms with Crippen molar-refractivity contribution >= 4 is 17.7 Å². The summed E-state index contributed by atoms with van der Waals surface area (Å²) in [6.45, 7) is 0. The van der Waals surface area contributed by atoms with Crippen LogP contribution in [0.4, 0.5) is 10.5 Å². The van der Waals surface area contributed by atoms with Crippen LogP contribution < -0.4 is 5.32 Å². The molecular weight excluding hydrogens is 268 g/mol. The van der Waals surface area contributed by atoms with Gasteiger partial charge in [0.25, 0.3) is 0 Å². The van der Waals surface area contributed by atoms with Crippen LogP contribution in [0.5, 0.6) is 0 Å². The van der Waals surface area contributed by atoms with Gasteiger partial charge in [0.1, 0.15) is 0 Å². The summed E-state index contributed by atoms with van der Waals surface area (Å²) in [6, 6.07) is 6.37. The second kappa shape index (κ2) is 7.11. The molecule has 1 aliphatic rings. The maximum atomic E-state index is 12.2. The van der Waals surface area contributed by atoms with Crippen LogP contribution in [0.15, 0.2) is 24.3 Å². The van der Waals surface area contributed by atoms with Crippen LogP contribution in [0.2, 0.25) is 0 Å². The zero-order valence-electron chi connectivity index (χ0n) is 12.3. The summed E-state index contributed by atoms with van der Waals surface area (Å²) in [6.07, 6.45) is 6.97. The highest BCUT2D eigenvalue weighted by atomic mass is 16.4. The van der Waals surface area contributed by atoms with Gasteiger partial charge in [-0.2, -0.15) is 0 Å². The van der Waals surface area contributed by atoms with Crippen molar-refractivity contribution in [2.24, 2.45) is 0 Å². The average molecular weight is 290 g/mol. The van der Waals surface area contributed by atoms with E-state index in [4.69, 9.17) is 5.11 Å². The predicted molar refractivity (Wildman–Crippen MR) is 81.7 cm³/mol. The lowest BCUT2D eigenvalue weighted by atomic mass is 10.1. The Morgan fingerprint density at radius 3 is 2.19 bits per heavy atom. The van der Waals surface area contributed by atoms with Crippen LogP contribution in [0.1, 0.15) is 48.9 Å². The summed E-state index contributed by atoms with van der Waals surface area (Å²) >= 11 is 0. The van der Waals surface area contributed by atoms with E-state index in [0.717, 1.165) is 12.8 Å². The molecule has 2 N–H and O–H groups in total. The van der Waals surface area contributed by atoms with Gasteiger partial charge in [-0.05, 0) is 37.1 Å². The highest BCUT2D eigenvalue weighted by Crippen LogP contribution is 2.21. The van der Waals surface area contributed by atoms with Gasteiger partial charge in [0.05, 0.1) is 5.56 Å². The quantitative estimate of drug-likeness (QED) is 0.836. The normalized spacial score (nSPS) is 16.0. The first-order chi connectivity index (χ1) is 10.1. The second-order valence-corrected chi connectivity index (χ2v) is 5.57. The third kappa shape index (κ3) is 4.21. The molecule has 0 aromatic heterocycles. The average Bonchev–Trinajstić information content (AvgIpc) is 2.76. The minimum Gasteiger partial charge on any atom is -0.478 e. The van der Waals surface area contributed by atoms with E-state index >= 15 is 0 Å². The van der Waals surface area contributed by atoms with Crippen LogP contribution in [-0.4, -0.2) is 35.1 Å². The van der Waals surface area contributed by atoms with Crippen molar-refractivity contribution in [3.8, 4) is 0 Å². The van der Waals surface area contributed by atoms with Crippen molar-refractivity contribution in [2.75, 3.05) is 12.4 Å². The van der Waals surface area contributed by atoms with Gasteiger partial charge in [0, 0.05) is 18.8 Å². The van der Waals surface area contributed by atoms with Crippen molar-refractivity contribution in [3.05, 3.63) is 29.8 Å². The van der Waals surface area contributed by atoms with Crippen molar-refractivity contribution < 1.29 is 14.7 Å². The highest BCUT2D eigenvalue weighted by molar-refractivity contribution is 5.91. The zero-order chi connectivity index (χ0) is 15.2. The maximum absolute atomic E-state index is 12.2. The molecular formula is C16H22N2O3. The number of carboxylic acids is 1. The van der Waals surface area contributed by atoms with Gasteiger partial charge in [-0.3, -0.25) is 0 Å². The minimum absolute atomic E-state index is 0.134. The number of anilines is 1. The Hall–Kier alpha value is -2.04. The minimum atomic E-state index is -0.969. The van der Waals surface area contributed by atoms with Crippen molar-refractivity contribution in [3.63, 3.8) is 0 Å². The molecule has 1 saturated carbocycles. The molecule has 1 aromatic carbocycles. The molecule has 5 nitrogen and oxygen atoms in total. The molecule has 0 atom stereocenters. The summed E-state index contributed by atoms with van der Waals surface area (Å²) in [5.74, 6) is -0.969. The van der Waals surface area contributed by atoms with Gasteiger partial charge < -0.3 is 15.3 Å². The van der Waals surface area contributed by atoms with E-state index in [1.165, 1.54) is 37.8 Å². The van der Waals surface area contributed by atoms with Gasteiger partial charge in [0.2, 0.25) is 0 Å². The SMILES string of the molecule is CN(C(=O)Nc1ccc(C(=O)O)cc1)C1CCCCCC1. The van der Waals surface area contributed by atoms with Gasteiger partial charge >= 0.3 is 12.0 Å². The van der Waals surface area contributed by atoms with Gasteiger partial charge in [-0.25, -0.2) is 9.59 Å². The number of hydrogen-bond donors (Lipinski definition) is 2. The van der Waals surface area contributed by atoms with Crippen LogP contribution in [0.25, 0.3) is 0 Å². The standard InChI is InChI=1S/C16H22N2O3/c1-18(14-6-4-2-3-5-7-14)16(21)17-13-10-8-12(9-11-13)15(19)20/h8-11,14H,2-7H2,1H3,(H,17,21)(H,19,20). The largest absolute Gasteiger partial charge is 0.478 e. The Morgan fingerprint density at radius 1 is 1.10 bits per heavy atom. The van der Waals surface area contributed by atoms with Crippen molar-refractivity contribution in [2.45, 2.75) is 44.6 Å². The van der Waals surface area contributed by atoms with Gasteiger partial charge in [0.15, 0.2) is 0 Å². The first-order valence-electron chi connectivity index (χ1n) is 7.45. The first-order valence-corrected chi connectivity index (χ1v) is 7.45. The third-order valence-corrected chi connectivity index (χ3v) is 4.08. The number of urea groups is 1. The lowest BCUT2D eigenvalue weighted by molar-refractivity contribution is 0.0697. The van der Waals surface area contributed by atoms with E-state index in [1.54, 1.807) is 17.0 Å². The number of amides is 2. The molecule has 0 bridgehead atoms. The number of carboxylic acid groups (broad SMARTS) is 1. The lowest BCUT2D eigenvalue weighted by Gasteiger charge is -2.27. The van der Waals surface area contributed by atoms with E-state index in [0.29, 0.717) is 11.7 Å². The van der Waals surface area contributed by atoms with E-state index in [1.807, 2.05) is 7.05 Å². The van der Waals surface area contributed by atoms with Crippen LogP contribution in [0, 0.1) is 0 Å². The molecule has 2 amide bonds. The molecule has 0 heterocycles. The van der Waals surface area contributed by atoms with Crippen molar-refractivity contribution in [1.82, 2.24) is 4.90 Å². The summed E-state index contributed by atoms with van der Waals surface area (Å²) in [7, 11) is 1.83. The fourth-order valence-electron chi connectivity index (χ4n) is 2.72. The Balaban J connectivity index is 1.94. The number of benzene rings is 1. The van der Waals surface area contributed by atoms with E-state index < -0.39 is 5.97 Å². The monoisotopic (exact) mass is 290 g/mol. The maximum Gasteiger partial charge on any atom is 0.335 e. The zero-order valence-corrected chi connectivity index (χ0v) is 12.3. The van der Waals surface area contributed by atoms with Gasteiger partial charge in [-0.15, -0.1) is 0 Å². The summed E-state index contributed by atoms with van der Waals surface area (Å²) in [5, 5.41) is 11.7. The Kier molecular flexibility index (Phi) is 5.20. The molecule has 21 heavy (non-hydrogen) atoms. The molecule has 0 saturated heterocycles. The molecule has 0 aliphatic heterocycles. The molecule has 5 heteroatoms. The number of carbonyl (C=O) groups is 2. The number of aromatic carboxylic acids is 1. The summed E-state index contributed by atoms with van der Waals surface area (Å²) in [4.78, 5) is 24.8. The fraction of sp³-hybridized carbons (Fsp3) is 0.500. The molecule has 0 unspecified atom stereocenters. The van der Waals surface area contributed by atoms with Crippen LogP contribution in [0.3, 0.4) is 0 Å².